The number of nitrogens with one attached hydrogen (secondary N) is 1. The molecule has 0 atom stereocenters. The van der Waals surface area contributed by atoms with E-state index >= 15 is 0 Å². The number of hydrogen-bond donors (Lipinski definition) is 1. The number of aryl methyl sites for hydroxylation is 1. The van der Waals surface area contributed by atoms with Crippen LogP contribution in [0.15, 0.2) is 22.7 Å². The molecule has 1 aliphatic rings. The van der Waals surface area contributed by atoms with E-state index in [1.54, 1.807) is 0 Å². The number of benzene rings is 1. The number of aromatic nitrogens is 1. The first-order chi connectivity index (χ1) is 7.57. The lowest BCUT2D eigenvalue weighted by molar-refractivity contribution is 0.591. The quantitative estimate of drug-likeness (QED) is 0.812. The molecule has 5 heteroatoms. The number of H-pyrrole nitrogens is 1. The van der Waals surface area contributed by atoms with Crippen LogP contribution in [0.3, 0.4) is 0 Å². The summed E-state index contributed by atoms with van der Waals surface area (Å²) in [6.07, 6.45) is 0.596. The van der Waals surface area contributed by atoms with E-state index in [9.17, 15) is 8.42 Å². The Hall–Kier alpha value is -0.810. The van der Waals surface area contributed by atoms with Gasteiger partial charge in [0.1, 0.15) is 0 Å². The van der Waals surface area contributed by atoms with Crippen molar-refractivity contribution in [1.29, 1.82) is 0 Å². The maximum atomic E-state index is 11.6. The number of halogens is 1. The summed E-state index contributed by atoms with van der Waals surface area (Å²) in [4.78, 5) is 3.31. The fourth-order valence-corrected chi connectivity index (χ4v) is 4.11. The second-order valence-electron chi connectivity index (χ2n) is 4.09. The van der Waals surface area contributed by atoms with Gasteiger partial charge in [-0.25, -0.2) is 8.42 Å². The van der Waals surface area contributed by atoms with Crippen LogP contribution in [0.4, 0.5) is 0 Å². The van der Waals surface area contributed by atoms with Crippen LogP contribution < -0.4 is 0 Å². The maximum Gasteiger partial charge on any atom is 0.154 e. The number of rotatable bonds is 0. The molecule has 1 aromatic heterocycles. The van der Waals surface area contributed by atoms with Crippen LogP contribution in [0.5, 0.6) is 0 Å². The average molecular weight is 300 g/mol. The van der Waals surface area contributed by atoms with Gasteiger partial charge >= 0.3 is 0 Å². The third-order valence-corrected chi connectivity index (χ3v) is 5.22. The first kappa shape index (κ1) is 10.4. The van der Waals surface area contributed by atoms with Gasteiger partial charge in [0, 0.05) is 22.0 Å². The minimum Gasteiger partial charge on any atom is -0.357 e. The van der Waals surface area contributed by atoms with Gasteiger partial charge in [0.25, 0.3) is 0 Å². The Morgan fingerprint density at radius 1 is 1.31 bits per heavy atom. The second-order valence-corrected chi connectivity index (χ2v) is 7.12. The Balaban J connectivity index is 2.34. The molecule has 2 aromatic rings. The van der Waals surface area contributed by atoms with Crippen LogP contribution in [-0.2, 0) is 22.0 Å². The molecular formula is C11H10BrNO2S. The van der Waals surface area contributed by atoms with Crippen LogP contribution >= 0.6 is 15.9 Å². The van der Waals surface area contributed by atoms with Gasteiger partial charge in [-0.05, 0) is 27.6 Å². The third kappa shape index (κ3) is 1.50. The molecule has 0 saturated carbocycles. The zero-order chi connectivity index (χ0) is 11.3. The summed E-state index contributed by atoms with van der Waals surface area (Å²) in [5, 5.41) is 1.02. The Kier molecular flexibility index (Phi) is 2.16. The van der Waals surface area contributed by atoms with Crippen molar-refractivity contribution >= 4 is 36.7 Å². The molecule has 1 N–H and O–H groups in total. The number of para-hydroxylation sites is 1. The molecule has 0 aliphatic carbocycles. The Morgan fingerprint density at radius 3 is 2.94 bits per heavy atom. The van der Waals surface area contributed by atoms with Crippen molar-refractivity contribution in [2.75, 3.05) is 5.75 Å². The Labute approximate surface area is 102 Å². The predicted molar refractivity (Wildman–Crippen MR) is 67.2 cm³/mol. The molecule has 3 rings (SSSR count). The number of hydrogen-bond acceptors (Lipinski definition) is 2. The minimum absolute atomic E-state index is 0.165. The fraction of sp³-hybridized carbons (Fsp3) is 0.273. The topological polar surface area (TPSA) is 49.9 Å². The maximum absolute atomic E-state index is 11.6. The molecule has 84 valence electrons. The van der Waals surface area contributed by atoms with E-state index in [0.717, 1.165) is 26.6 Å². The van der Waals surface area contributed by atoms with E-state index in [4.69, 9.17) is 0 Å². The minimum atomic E-state index is -2.91. The zero-order valence-corrected chi connectivity index (χ0v) is 10.9. The number of fused-ring (bicyclic) bond motifs is 3. The third-order valence-electron chi connectivity index (χ3n) is 3.01. The van der Waals surface area contributed by atoms with E-state index in [1.165, 1.54) is 0 Å². The van der Waals surface area contributed by atoms with Crippen molar-refractivity contribution in [2.24, 2.45) is 0 Å². The smallest absolute Gasteiger partial charge is 0.154 e. The van der Waals surface area contributed by atoms with Crippen molar-refractivity contribution in [3.63, 3.8) is 0 Å². The molecule has 1 aromatic carbocycles. The normalized spacial score (nSPS) is 18.6. The number of sulfone groups is 1. The Morgan fingerprint density at radius 2 is 2.12 bits per heavy atom. The van der Waals surface area contributed by atoms with Gasteiger partial charge in [0.05, 0.1) is 17.0 Å². The fourth-order valence-electron chi connectivity index (χ4n) is 2.22. The van der Waals surface area contributed by atoms with Crippen molar-refractivity contribution < 1.29 is 8.42 Å². The summed E-state index contributed by atoms with van der Waals surface area (Å²) in [5.74, 6) is 0.420. The summed E-state index contributed by atoms with van der Waals surface area (Å²) >= 11 is 3.47. The SMILES string of the molecule is O=S1(=O)CCc2[nH]c3c(Br)cccc3c2C1. The van der Waals surface area contributed by atoms with Crippen LogP contribution in [0, 0.1) is 0 Å². The van der Waals surface area contributed by atoms with E-state index < -0.39 is 9.84 Å². The molecule has 0 spiro atoms. The molecule has 0 fully saturated rings. The summed E-state index contributed by atoms with van der Waals surface area (Å²) in [6.45, 7) is 0. The van der Waals surface area contributed by atoms with Crippen molar-refractivity contribution in [3.8, 4) is 0 Å². The zero-order valence-electron chi connectivity index (χ0n) is 8.46. The van der Waals surface area contributed by atoms with Crippen molar-refractivity contribution in [2.45, 2.75) is 12.2 Å². The molecule has 0 amide bonds. The van der Waals surface area contributed by atoms with Crippen molar-refractivity contribution in [3.05, 3.63) is 33.9 Å². The molecular weight excluding hydrogens is 290 g/mol. The van der Waals surface area contributed by atoms with Gasteiger partial charge in [-0.2, -0.15) is 0 Å². The highest BCUT2D eigenvalue weighted by Crippen LogP contribution is 2.32. The van der Waals surface area contributed by atoms with Crippen LogP contribution in [-0.4, -0.2) is 19.2 Å². The highest BCUT2D eigenvalue weighted by atomic mass is 79.9. The van der Waals surface area contributed by atoms with Crippen molar-refractivity contribution in [1.82, 2.24) is 4.98 Å². The molecule has 1 aliphatic heterocycles. The van der Waals surface area contributed by atoms with Gasteiger partial charge < -0.3 is 4.98 Å². The van der Waals surface area contributed by atoms with Crippen LogP contribution in [0.25, 0.3) is 10.9 Å². The molecule has 16 heavy (non-hydrogen) atoms. The van der Waals surface area contributed by atoms with Crippen LogP contribution in [0.2, 0.25) is 0 Å². The van der Waals surface area contributed by atoms with Gasteiger partial charge in [0.15, 0.2) is 9.84 Å². The van der Waals surface area contributed by atoms with E-state index in [2.05, 4.69) is 20.9 Å². The van der Waals surface area contributed by atoms with Gasteiger partial charge in [0.2, 0.25) is 0 Å². The van der Waals surface area contributed by atoms with E-state index in [-0.39, 0.29) is 11.5 Å². The first-order valence-electron chi connectivity index (χ1n) is 5.05. The van der Waals surface area contributed by atoms with Gasteiger partial charge in [-0.1, -0.05) is 12.1 Å². The molecule has 0 bridgehead atoms. The lowest BCUT2D eigenvalue weighted by atomic mass is 10.1. The first-order valence-corrected chi connectivity index (χ1v) is 7.67. The van der Waals surface area contributed by atoms with E-state index in [0.29, 0.717) is 6.42 Å². The summed E-state index contributed by atoms with van der Waals surface area (Å²) in [6, 6.07) is 5.86. The monoisotopic (exact) mass is 299 g/mol. The Bertz CT molecular complexity index is 673. The highest BCUT2D eigenvalue weighted by molar-refractivity contribution is 9.10. The molecule has 3 nitrogen and oxygen atoms in total. The van der Waals surface area contributed by atoms with Gasteiger partial charge in [-0.15, -0.1) is 0 Å². The summed E-state index contributed by atoms with van der Waals surface area (Å²) in [7, 11) is -2.91. The lowest BCUT2D eigenvalue weighted by Gasteiger charge is -2.11. The lowest BCUT2D eigenvalue weighted by Crippen LogP contribution is -2.18. The standard InChI is InChI=1S/C11H10BrNO2S/c12-9-3-1-2-7-8-6-16(14,15)5-4-10(8)13-11(7)9/h1-3,13H,4-6H2. The van der Waals surface area contributed by atoms with E-state index in [1.807, 2.05) is 18.2 Å². The molecule has 0 unspecified atom stereocenters. The predicted octanol–water partition coefficient (Wildman–Crippen LogP) is 2.40. The molecule has 0 saturated heterocycles. The second kappa shape index (κ2) is 3.34. The summed E-state index contributed by atoms with van der Waals surface area (Å²) in [5.41, 5.74) is 3.02. The van der Waals surface area contributed by atoms with Crippen LogP contribution in [0.1, 0.15) is 11.3 Å². The average Bonchev–Trinajstić information content (AvgIpc) is 2.57. The molecule has 0 radical (unpaired) electrons. The largest absolute Gasteiger partial charge is 0.357 e. The highest BCUT2D eigenvalue weighted by Gasteiger charge is 2.25. The molecule has 2 heterocycles. The number of aromatic amines is 1. The van der Waals surface area contributed by atoms with Gasteiger partial charge in [-0.3, -0.25) is 0 Å². The summed E-state index contributed by atoms with van der Waals surface area (Å²) < 4.78 is 24.2.